The Kier molecular flexibility index (Phi) is 9.83. The number of hydrogen-bond donors (Lipinski definition) is 2. The Balaban J connectivity index is 0.00000312. The van der Waals surface area contributed by atoms with Gasteiger partial charge in [-0.1, -0.05) is 6.08 Å². The summed E-state index contributed by atoms with van der Waals surface area (Å²) in [6.07, 6.45) is 4.39. The number of halogens is 3. The van der Waals surface area contributed by atoms with Crippen LogP contribution in [0.3, 0.4) is 0 Å². The molecule has 0 unspecified atom stereocenters. The zero-order valence-corrected chi connectivity index (χ0v) is 16.1. The second-order valence-electron chi connectivity index (χ2n) is 5.14. The summed E-state index contributed by atoms with van der Waals surface area (Å²) in [4.78, 5) is 4.43. The van der Waals surface area contributed by atoms with Gasteiger partial charge in [-0.05, 0) is 42.3 Å². The Morgan fingerprint density at radius 3 is 2.76 bits per heavy atom. The van der Waals surface area contributed by atoms with Crippen molar-refractivity contribution in [3.8, 4) is 0 Å². The molecule has 0 spiro atoms. The number of rotatable bonds is 8. The molecule has 0 saturated heterocycles. The summed E-state index contributed by atoms with van der Waals surface area (Å²) in [6, 6.07) is 7.19. The normalized spacial score (nSPS) is 10.9. The maximum absolute atomic E-state index is 13.6. The highest BCUT2D eigenvalue weighted by molar-refractivity contribution is 14.0. The van der Waals surface area contributed by atoms with E-state index in [0.29, 0.717) is 44.0 Å². The first-order valence-electron chi connectivity index (χ1n) is 7.78. The molecule has 0 aliphatic rings. The first-order valence-corrected chi connectivity index (χ1v) is 7.78. The molecule has 0 fully saturated rings. The van der Waals surface area contributed by atoms with Gasteiger partial charge in [-0.25, -0.2) is 8.78 Å². The topological polar surface area (TPSA) is 49.6 Å². The van der Waals surface area contributed by atoms with Crippen molar-refractivity contribution in [2.24, 2.45) is 4.99 Å². The number of nitrogens with zero attached hydrogens (tertiary/aromatic N) is 1. The Morgan fingerprint density at radius 2 is 2.04 bits per heavy atom. The molecule has 0 bridgehead atoms. The smallest absolute Gasteiger partial charge is 0.191 e. The van der Waals surface area contributed by atoms with Gasteiger partial charge in [0, 0.05) is 26.1 Å². The minimum Gasteiger partial charge on any atom is -0.469 e. The van der Waals surface area contributed by atoms with Gasteiger partial charge in [0.2, 0.25) is 0 Å². The Labute approximate surface area is 163 Å². The third kappa shape index (κ3) is 7.68. The molecule has 2 rings (SSSR count). The van der Waals surface area contributed by atoms with Crippen molar-refractivity contribution < 1.29 is 13.2 Å². The van der Waals surface area contributed by atoms with Crippen LogP contribution >= 0.6 is 24.0 Å². The lowest BCUT2D eigenvalue weighted by Crippen LogP contribution is -2.38. The second kappa shape index (κ2) is 11.6. The predicted octanol–water partition coefficient (Wildman–Crippen LogP) is 3.68. The van der Waals surface area contributed by atoms with E-state index in [9.17, 15) is 8.78 Å². The Morgan fingerprint density at radius 1 is 1.20 bits per heavy atom. The summed E-state index contributed by atoms with van der Waals surface area (Å²) in [5, 5.41) is 6.19. The summed E-state index contributed by atoms with van der Waals surface area (Å²) in [6.45, 7) is 5.19. The number of hydrogen-bond acceptors (Lipinski definition) is 2. The van der Waals surface area contributed by atoms with Crippen LogP contribution in [0.15, 0.2) is 58.7 Å². The van der Waals surface area contributed by atoms with Crippen LogP contribution in [0, 0.1) is 11.6 Å². The summed E-state index contributed by atoms with van der Waals surface area (Å²) in [5.41, 5.74) is 0.334. The van der Waals surface area contributed by atoms with E-state index < -0.39 is 11.6 Å². The van der Waals surface area contributed by atoms with Gasteiger partial charge in [-0.2, -0.15) is 0 Å². The van der Waals surface area contributed by atoms with E-state index in [1.54, 1.807) is 12.3 Å². The third-order valence-electron chi connectivity index (χ3n) is 3.32. The average Bonchev–Trinajstić information content (AvgIpc) is 3.08. The fourth-order valence-corrected chi connectivity index (χ4v) is 2.13. The van der Waals surface area contributed by atoms with Crippen molar-refractivity contribution in [2.75, 3.05) is 19.6 Å². The van der Waals surface area contributed by atoms with Gasteiger partial charge in [0.05, 0.1) is 6.26 Å². The van der Waals surface area contributed by atoms with Crippen molar-refractivity contribution in [1.82, 2.24) is 10.6 Å². The van der Waals surface area contributed by atoms with Gasteiger partial charge < -0.3 is 15.1 Å². The molecule has 1 heterocycles. The summed E-state index contributed by atoms with van der Waals surface area (Å²) < 4.78 is 32.0. The van der Waals surface area contributed by atoms with Crippen LogP contribution in [-0.2, 0) is 12.8 Å². The monoisotopic (exact) mass is 461 g/mol. The zero-order chi connectivity index (χ0) is 17.2. The van der Waals surface area contributed by atoms with E-state index in [0.717, 1.165) is 17.9 Å². The molecule has 1 aromatic carbocycles. The first kappa shape index (κ1) is 21.1. The summed E-state index contributed by atoms with van der Waals surface area (Å²) in [5.74, 6) is 0.610. The van der Waals surface area contributed by atoms with Crippen LogP contribution in [-0.4, -0.2) is 25.6 Å². The molecule has 136 valence electrons. The minimum atomic E-state index is -0.441. The molecule has 0 saturated carbocycles. The predicted molar refractivity (Wildman–Crippen MR) is 106 cm³/mol. The van der Waals surface area contributed by atoms with Crippen LogP contribution in [0.25, 0.3) is 0 Å². The fourth-order valence-electron chi connectivity index (χ4n) is 2.13. The molecule has 1 aromatic heterocycles. The second-order valence-corrected chi connectivity index (χ2v) is 5.14. The van der Waals surface area contributed by atoms with Crippen molar-refractivity contribution >= 4 is 29.9 Å². The molecular formula is C18H22F2IN3O. The minimum absolute atomic E-state index is 0. The SMILES string of the molecule is C=CCNC(=NCCc1ccco1)NCCc1cc(F)ccc1F.I. The van der Waals surface area contributed by atoms with E-state index in [4.69, 9.17) is 4.42 Å². The Bertz CT molecular complexity index is 675. The number of nitrogens with one attached hydrogen (secondary N) is 2. The molecule has 0 aliphatic heterocycles. The molecule has 0 aliphatic carbocycles. The number of benzene rings is 1. The van der Waals surface area contributed by atoms with E-state index in [1.807, 2.05) is 12.1 Å². The summed E-state index contributed by atoms with van der Waals surface area (Å²) >= 11 is 0. The van der Waals surface area contributed by atoms with Crippen LogP contribution in [0.4, 0.5) is 8.78 Å². The molecule has 0 amide bonds. The van der Waals surface area contributed by atoms with Crippen LogP contribution in [0.1, 0.15) is 11.3 Å². The molecule has 4 nitrogen and oxygen atoms in total. The molecule has 0 radical (unpaired) electrons. The lowest BCUT2D eigenvalue weighted by Gasteiger charge is -2.11. The number of furan rings is 1. The maximum Gasteiger partial charge on any atom is 0.191 e. The number of guanidine groups is 1. The van der Waals surface area contributed by atoms with Gasteiger partial charge in [-0.3, -0.25) is 4.99 Å². The molecule has 7 heteroatoms. The molecule has 2 N–H and O–H groups in total. The number of aliphatic imine (C=N–C) groups is 1. The van der Waals surface area contributed by atoms with E-state index in [-0.39, 0.29) is 24.0 Å². The van der Waals surface area contributed by atoms with Crippen LogP contribution < -0.4 is 10.6 Å². The van der Waals surface area contributed by atoms with Gasteiger partial charge in [-0.15, -0.1) is 30.6 Å². The maximum atomic E-state index is 13.6. The fraction of sp³-hybridized carbons (Fsp3) is 0.278. The van der Waals surface area contributed by atoms with Crippen LogP contribution in [0.2, 0.25) is 0 Å². The van der Waals surface area contributed by atoms with Gasteiger partial charge >= 0.3 is 0 Å². The van der Waals surface area contributed by atoms with Crippen molar-refractivity contribution in [3.63, 3.8) is 0 Å². The lowest BCUT2D eigenvalue weighted by atomic mass is 10.1. The first-order chi connectivity index (χ1) is 11.7. The largest absolute Gasteiger partial charge is 0.469 e. The van der Waals surface area contributed by atoms with E-state index in [2.05, 4.69) is 22.2 Å². The average molecular weight is 461 g/mol. The highest BCUT2D eigenvalue weighted by atomic mass is 127. The molecule has 0 atom stereocenters. The van der Waals surface area contributed by atoms with Crippen LogP contribution in [0.5, 0.6) is 0 Å². The standard InChI is InChI=1S/C18H21F2N3O.HI/c1-2-9-21-18(23-11-8-16-4-3-12-24-16)22-10-7-14-13-15(19)5-6-17(14)20;/h2-6,12-13H,1,7-11H2,(H2,21,22,23);1H. The Hall–Kier alpha value is -1.90. The molecular weight excluding hydrogens is 439 g/mol. The summed E-state index contributed by atoms with van der Waals surface area (Å²) in [7, 11) is 0. The highest BCUT2D eigenvalue weighted by Gasteiger charge is 2.04. The van der Waals surface area contributed by atoms with Crippen molar-refractivity contribution in [3.05, 3.63) is 72.2 Å². The van der Waals surface area contributed by atoms with Gasteiger partial charge in [0.1, 0.15) is 17.4 Å². The molecule has 2 aromatic rings. The lowest BCUT2D eigenvalue weighted by molar-refractivity contribution is 0.510. The quantitative estimate of drug-likeness (QED) is 0.273. The van der Waals surface area contributed by atoms with Crippen molar-refractivity contribution in [1.29, 1.82) is 0 Å². The van der Waals surface area contributed by atoms with Crippen molar-refractivity contribution in [2.45, 2.75) is 12.8 Å². The van der Waals surface area contributed by atoms with Gasteiger partial charge in [0.15, 0.2) is 5.96 Å². The zero-order valence-electron chi connectivity index (χ0n) is 13.8. The van der Waals surface area contributed by atoms with E-state index >= 15 is 0 Å². The van der Waals surface area contributed by atoms with Gasteiger partial charge in [0.25, 0.3) is 0 Å². The molecule has 25 heavy (non-hydrogen) atoms. The highest BCUT2D eigenvalue weighted by Crippen LogP contribution is 2.09. The van der Waals surface area contributed by atoms with E-state index in [1.165, 1.54) is 6.07 Å². The third-order valence-corrected chi connectivity index (χ3v) is 3.32.